The van der Waals surface area contributed by atoms with Gasteiger partial charge in [0.1, 0.15) is 18.2 Å². The highest BCUT2D eigenvalue weighted by Crippen LogP contribution is 2.12. The van der Waals surface area contributed by atoms with Crippen molar-refractivity contribution < 1.29 is 13.9 Å². The fourth-order valence-corrected chi connectivity index (χ4v) is 1.81. The van der Waals surface area contributed by atoms with E-state index in [0.29, 0.717) is 22.9 Å². The Kier molecular flexibility index (Phi) is 4.96. The average Bonchev–Trinajstić information content (AvgIpc) is 2.43. The number of amides is 1. The van der Waals surface area contributed by atoms with E-state index in [0.717, 1.165) is 0 Å². The summed E-state index contributed by atoms with van der Waals surface area (Å²) in [6.07, 6.45) is 0. The Hall–Kier alpha value is -2.07. The summed E-state index contributed by atoms with van der Waals surface area (Å²) in [5, 5.41) is 3.20. The lowest BCUT2D eigenvalue weighted by Crippen LogP contribution is -2.28. The molecule has 2 aromatic rings. The maximum atomic E-state index is 12.9. The Balaban J connectivity index is 1.77. The number of rotatable bonds is 5. The topological polar surface area (TPSA) is 38.3 Å². The Morgan fingerprint density at radius 1 is 1.20 bits per heavy atom. The van der Waals surface area contributed by atoms with E-state index in [4.69, 9.17) is 16.3 Å². The summed E-state index contributed by atoms with van der Waals surface area (Å²) >= 11 is 5.80. The van der Waals surface area contributed by atoms with E-state index in [9.17, 15) is 9.18 Å². The number of carbonyl (C=O) groups excluding carboxylic acids is 1. The van der Waals surface area contributed by atoms with Gasteiger partial charge in [0.05, 0.1) is 6.54 Å². The second kappa shape index (κ2) is 6.91. The SMILES string of the molecule is O=C(NCCOc1cccc(F)c1)c1cccc(Cl)c1. The van der Waals surface area contributed by atoms with Crippen molar-refractivity contribution >= 4 is 17.5 Å². The predicted octanol–water partition coefficient (Wildman–Crippen LogP) is 3.29. The molecule has 0 aliphatic heterocycles. The summed E-state index contributed by atoms with van der Waals surface area (Å²) in [7, 11) is 0. The van der Waals surface area contributed by atoms with Crippen LogP contribution in [0.1, 0.15) is 10.4 Å². The lowest BCUT2D eigenvalue weighted by Gasteiger charge is -2.08. The van der Waals surface area contributed by atoms with Gasteiger partial charge in [0, 0.05) is 16.7 Å². The van der Waals surface area contributed by atoms with Crippen LogP contribution in [0.2, 0.25) is 5.02 Å². The largest absolute Gasteiger partial charge is 0.492 e. The fraction of sp³-hybridized carbons (Fsp3) is 0.133. The van der Waals surface area contributed by atoms with Crippen LogP contribution < -0.4 is 10.1 Å². The van der Waals surface area contributed by atoms with Gasteiger partial charge in [-0.25, -0.2) is 4.39 Å². The van der Waals surface area contributed by atoms with Crippen LogP contribution >= 0.6 is 11.6 Å². The van der Waals surface area contributed by atoms with E-state index in [1.165, 1.54) is 12.1 Å². The first-order chi connectivity index (χ1) is 9.65. The van der Waals surface area contributed by atoms with Crippen molar-refractivity contribution in [2.45, 2.75) is 0 Å². The minimum atomic E-state index is -0.356. The van der Waals surface area contributed by atoms with Gasteiger partial charge in [0.2, 0.25) is 0 Å². The van der Waals surface area contributed by atoms with Crippen LogP contribution in [-0.2, 0) is 0 Å². The summed E-state index contributed by atoms with van der Waals surface area (Å²) in [6, 6.07) is 12.5. The van der Waals surface area contributed by atoms with E-state index >= 15 is 0 Å². The van der Waals surface area contributed by atoms with Crippen molar-refractivity contribution in [1.29, 1.82) is 0 Å². The molecule has 3 nitrogen and oxygen atoms in total. The molecule has 0 unspecified atom stereocenters. The molecule has 0 bridgehead atoms. The minimum absolute atomic E-state index is 0.227. The molecule has 2 aromatic carbocycles. The summed E-state index contributed by atoms with van der Waals surface area (Å²) in [5.74, 6) is -0.150. The zero-order valence-corrected chi connectivity index (χ0v) is 11.4. The highest BCUT2D eigenvalue weighted by Gasteiger charge is 2.05. The molecule has 1 amide bonds. The van der Waals surface area contributed by atoms with Crippen molar-refractivity contribution in [3.63, 3.8) is 0 Å². The molecule has 0 radical (unpaired) electrons. The lowest BCUT2D eigenvalue weighted by atomic mass is 10.2. The van der Waals surface area contributed by atoms with Crippen LogP contribution in [0.25, 0.3) is 0 Å². The molecule has 0 saturated carbocycles. The number of ether oxygens (including phenoxy) is 1. The zero-order valence-electron chi connectivity index (χ0n) is 10.6. The van der Waals surface area contributed by atoms with Gasteiger partial charge < -0.3 is 10.1 Å². The molecule has 0 saturated heterocycles. The van der Waals surface area contributed by atoms with Crippen molar-refractivity contribution in [3.05, 3.63) is 64.9 Å². The first-order valence-electron chi connectivity index (χ1n) is 6.07. The Morgan fingerprint density at radius 2 is 2.00 bits per heavy atom. The molecule has 0 aliphatic rings. The molecule has 0 heterocycles. The smallest absolute Gasteiger partial charge is 0.251 e. The van der Waals surface area contributed by atoms with E-state index in [-0.39, 0.29) is 18.3 Å². The van der Waals surface area contributed by atoms with E-state index in [2.05, 4.69) is 5.32 Å². The van der Waals surface area contributed by atoms with E-state index < -0.39 is 0 Å². The molecule has 0 atom stereocenters. The Morgan fingerprint density at radius 3 is 2.75 bits per heavy atom. The molecular weight excluding hydrogens is 281 g/mol. The van der Waals surface area contributed by atoms with E-state index in [1.807, 2.05) is 0 Å². The third kappa shape index (κ3) is 4.24. The minimum Gasteiger partial charge on any atom is -0.492 e. The lowest BCUT2D eigenvalue weighted by molar-refractivity contribution is 0.0947. The van der Waals surface area contributed by atoms with Gasteiger partial charge >= 0.3 is 0 Å². The third-order valence-corrected chi connectivity index (χ3v) is 2.77. The quantitative estimate of drug-likeness (QED) is 0.859. The fourth-order valence-electron chi connectivity index (χ4n) is 1.62. The van der Waals surface area contributed by atoms with Gasteiger partial charge in [-0.15, -0.1) is 0 Å². The summed E-state index contributed by atoms with van der Waals surface area (Å²) in [6.45, 7) is 0.581. The van der Waals surface area contributed by atoms with Crippen LogP contribution in [0.4, 0.5) is 4.39 Å². The molecule has 20 heavy (non-hydrogen) atoms. The van der Waals surface area contributed by atoms with Crippen molar-refractivity contribution in [2.24, 2.45) is 0 Å². The number of halogens is 2. The summed E-state index contributed by atoms with van der Waals surface area (Å²) in [5.41, 5.74) is 0.489. The number of carbonyl (C=O) groups is 1. The first kappa shape index (κ1) is 14.3. The molecule has 0 aliphatic carbocycles. The van der Waals surface area contributed by atoms with Crippen LogP contribution in [0.3, 0.4) is 0 Å². The monoisotopic (exact) mass is 293 g/mol. The second-order valence-corrected chi connectivity index (χ2v) is 4.51. The molecule has 0 fully saturated rings. The van der Waals surface area contributed by atoms with Gasteiger partial charge in [-0.3, -0.25) is 4.79 Å². The Bertz CT molecular complexity index is 604. The third-order valence-electron chi connectivity index (χ3n) is 2.54. The summed E-state index contributed by atoms with van der Waals surface area (Å²) < 4.78 is 18.2. The van der Waals surface area contributed by atoms with Gasteiger partial charge in [0.25, 0.3) is 5.91 Å². The predicted molar refractivity (Wildman–Crippen MR) is 75.7 cm³/mol. The van der Waals surface area contributed by atoms with Gasteiger partial charge in [-0.05, 0) is 30.3 Å². The van der Waals surface area contributed by atoms with Crippen molar-refractivity contribution in [2.75, 3.05) is 13.2 Å². The second-order valence-electron chi connectivity index (χ2n) is 4.07. The van der Waals surface area contributed by atoms with Crippen LogP contribution in [0.15, 0.2) is 48.5 Å². The molecule has 1 N–H and O–H groups in total. The summed E-state index contributed by atoms with van der Waals surface area (Å²) in [4.78, 5) is 11.8. The first-order valence-corrected chi connectivity index (χ1v) is 6.45. The number of nitrogens with one attached hydrogen (secondary N) is 1. The van der Waals surface area contributed by atoms with Crippen LogP contribution in [0, 0.1) is 5.82 Å². The van der Waals surface area contributed by atoms with Crippen molar-refractivity contribution in [3.8, 4) is 5.75 Å². The van der Waals surface area contributed by atoms with Gasteiger partial charge in [0.15, 0.2) is 0 Å². The number of hydrogen-bond acceptors (Lipinski definition) is 2. The van der Waals surface area contributed by atoms with E-state index in [1.54, 1.807) is 36.4 Å². The van der Waals surface area contributed by atoms with Crippen molar-refractivity contribution in [1.82, 2.24) is 5.32 Å². The molecule has 5 heteroatoms. The van der Waals surface area contributed by atoms with Crippen LogP contribution in [-0.4, -0.2) is 19.1 Å². The van der Waals surface area contributed by atoms with Gasteiger partial charge in [-0.2, -0.15) is 0 Å². The zero-order chi connectivity index (χ0) is 14.4. The highest BCUT2D eigenvalue weighted by atomic mass is 35.5. The van der Waals surface area contributed by atoms with Crippen LogP contribution in [0.5, 0.6) is 5.75 Å². The molecule has 0 spiro atoms. The maximum absolute atomic E-state index is 12.9. The highest BCUT2D eigenvalue weighted by molar-refractivity contribution is 6.30. The Labute approximate surface area is 121 Å². The molecule has 104 valence electrons. The molecule has 2 rings (SSSR count). The average molecular weight is 294 g/mol. The number of benzene rings is 2. The molecular formula is C15H13ClFNO2. The normalized spacial score (nSPS) is 10.1. The maximum Gasteiger partial charge on any atom is 0.251 e. The molecule has 0 aromatic heterocycles. The number of hydrogen-bond donors (Lipinski definition) is 1. The van der Waals surface area contributed by atoms with Gasteiger partial charge in [-0.1, -0.05) is 23.7 Å². The standard InChI is InChI=1S/C15H13ClFNO2/c16-12-4-1-3-11(9-12)15(19)18-7-8-20-14-6-2-5-13(17)10-14/h1-6,9-10H,7-8H2,(H,18,19).